The molecule has 4 rings (SSSR count). The Morgan fingerprint density at radius 2 is 1.77 bits per heavy atom. The molecule has 0 fully saturated rings. The number of hydrogen-bond acceptors (Lipinski definition) is 5. The standard InChI is InChI=1S/C18H15N5O2S/c1-10(16(24)22-17(19)25)26-18-21-12-7-3-2-6-11(12)15-20-13-8-4-5-9-14(13)23(15)18/h2-10H,1H3,(H3,19,22,24,25). The molecule has 0 aliphatic heterocycles. The summed E-state index contributed by atoms with van der Waals surface area (Å²) in [5, 5.41) is 3.11. The Morgan fingerprint density at radius 3 is 2.54 bits per heavy atom. The number of fused-ring (bicyclic) bond motifs is 5. The number of nitrogens with zero attached hydrogens (tertiary/aromatic N) is 3. The first-order chi connectivity index (χ1) is 12.5. The second-order valence-electron chi connectivity index (χ2n) is 5.78. The maximum atomic E-state index is 12.1. The third-order valence-electron chi connectivity index (χ3n) is 4.01. The molecule has 0 bridgehead atoms. The highest BCUT2D eigenvalue weighted by Gasteiger charge is 2.20. The first kappa shape index (κ1) is 16.3. The maximum absolute atomic E-state index is 12.1. The Labute approximate surface area is 152 Å². The first-order valence-corrected chi connectivity index (χ1v) is 8.85. The molecule has 2 heterocycles. The van der Waals surface area contributed by atoms with E-state index in [-0.39, 0.29) is 0 Å². The van der Waals surface area contributed by atoms with E-state index in [1.54, 1.807) is 6.92 Å². The molecule has 3 N–H and O–H groups in total. The van der Waals surface area contributed by atoms with Crippen LogP contribution in [0.3, 0.4) is 0 Å². The highest BCUT2D eigenvalue weighted by Crippen LogP contribution is 2.30. The lowest BCUT2D eigenvalue weighted by atomic mass is 10.2. The number of para-hydroxylation sites is 3. The number of rotatable bonds is 3. The monoisotopic (exact) mass is 365 g/mol. The van der Waals surface area contributed by atoms with Crippen LogP contribution < -0.4 is 11.1 Å². The number of carbonyl (C=O) groups is 2. The van der Waals surface area contributed by atoms with Gasteiger partial charge >= 0.3 is 6.03 Å². The van der Waals surface area contributed by atoms with Gasteiger partial charge in [-0.3, -0.25) is 14.5 Å². The van der Waals surface area contributed by atoms with Gasteiger partial charge in [-0.2, -0.15) is 0 Å². The molecule has 1 unspecified atom stereocenters. The van der Waals surface area contributed by atoms with Crippen molar-refractivity contribution in [1.29, 1.82) is 0 Å². The Bertz CT molecular complexity index is 1170. The van der Waals surface area contributed by atoms with Crippen LogP contribution >= 0.6 is 11.8 Å². The number of hydrogen-bond donors (Lipinski definition) is 2. The predicted molar refractivity (Wildman–Crippen MR) is 101 cm³/mol. The van der Waals surface area contributed by atoms with Gasteiger partial charge in [-0.25, -0.2) is 14.8 Å². The molecular weight excluding hydrogens is 350 g/mol. The van der Waals surface area contributed by atoms with Gasteiger partial charge in [0.2, 0.25) is 5.91 Å². The third kappa shape index (κ3) is 2.74. The summed E-state index contributed by atoms with van der Waals surface area (Å²) in [5.41, 5.74) is 8.36. The van der Waals surface area contributed by atoms with Crippen LogP contribution in [0.2, 0.25) is 0 Å². The van der Waals surface area contributed by atoms with Crippen molar-refractivity contribution in [3.63, 3.8) is 0 Å². The van der Waals surface area contributed by atoms with Crippen molar-refractivity contribution < 1.29 is 9.59 Å². The molecule has 130 valence electrons. The van der Waals surface area contributed by atoms with Gasteiger partial charge in [-0.15, -0.1) is 0 Å². The minimum Gasteiger partial charge on any atom is -0.351 e. The number of amides is 3. The zero-order valence-corrected chi connectivity index (χ0v) is 14.7. The summed E-state index contributed by atoms with van der Waals surface area (Å²) in [6.07, 6.45) is 0. The molecule has 0 radical (unpaired) electrons. The van der Waals surface area contributed by atoms with Crippen LogP contribution in [-0.4, -0.2) is 31.6 Å². The summed E-state index contributed by atoms with van der Waals surface area (Å²) < 4.78 is 1.94. The number of primary amides is 1. The fourth-order valence-electron chi connectivity index (χ4n) is 2.83. The molecule has 2 aromatic heterocycles. The minimum absolute atomic E-state index is 0.463. The van der Waals surface area contributed by atoms with Crippen LogP contribution in [0, 0.1) is 0 Å². The van der Waals surface area contributed by atoms with Crippen LogP contribution in [0.4, 0.5) is 4.79 Å². The number of urea groups is 1. The average molecular weight is 365 g/mol. The maximum Gasteiger partial charge on any atom is 0.318 e. The summed E-state index contributed by atoms with van der Waals surface area (Å²) in [7, 11) is 0. The van der Waals surface area contributed by atoms with E-state index < -0.39 is 17.2 Å². The number of aromatic nitrogens is 3. The molecule has 0 aliphatic carbocycles. The smallest absolute Gasteiger partial charge is 0.318 e. The van der Waals surface area contributed by atoms with Crippen molar-refractivity contribution in [2.45, 2.75) is 17.3 Å². The van der Waals surface area contributed by atoms with Gasteiger partial charge in [-0.1, -0.05) is 36.0 Å². The molecule has 2 aromatic carbocycles. The van der Waals surface area contributed by atoms with Crippen LogP contribution in [0.25, 0.3) is 27.6 Å². The van der Waals surface area contributed by atoms with E-state index in [0.717, 1.165) is 27.6 Å². The lowest BCUT2D eigenvalue weighted by molar-refractivity contribution is -0.119. The summed E-state index contributed by atoms with van der Waals surface area (Å²) in [6.45, 7) is 1.70. The highest BCUT2D eigenvalue weighted by molar-refractivity contribution is 8.00. The first-order valence-electron chi connectivity index (χ1n) is 7.97. The number of nitrogens with one attached hydrogen (secondary N) is 1. The van der Waals surface area contributed by atoms with E-state index in [2.05, 4.69) is 5.32 Å². The van der Waals surface area contributed by atoms with Crippen molar-refractivity contribution in [1.82, 2.24) is 19.7 Å². The molecular formula is C18H15N5O2S. The Hall–Kier alpha value is -3.13. The molecule has 3 amide bonds. The van der Waals surface area contributed by atoms with Gasteiger partial charge in [0.15, 0.2) is 5.16 Å². The molecule has 0 aliphatic rings. The Balaban J connectivity index is 1.92. The third-order valence-corrected chi connectivity index (χ3v) is 5.06. The summed E-state index contributed by atoms with van der Waals surface area (Å²) in [5.74, 6) is -0.463. The van der Waals surface area contributed by atoms with Crippen LogP contribution in [-0.2, 0) is 4.79 Å². The number of imide groups is 1. The van der Waals surface area contributed by atoms with Crippen LogP contribution in [0.15, 0.2) is 53.7 Å². The largest absolute Gasteiger partial charge is 0.351 e. The quantitative estimate of drug-likeness (QED) is 0.429. The second-order valence-corrected chi connectivity index (χ2v) is 7.09. The lowest BCUT2D eigenvalue weighted by Gasteiger charge is -2.12. The lowest BCUT2D eigenvalue weighted by Crippen LogP contribution is -2.39. The number of imidazole rings is 1. The van der Waals surface area contributed by atoms with E-state index in [1.165, 1.54) is 11.8 Å². The van der Waals surface area contributed by atoms with Crippen LogP contribution in [0.5, 0.6) is 0 Å². The zero-order chi connectivity index (χ0) is 18.3. The molecule has 8 heteroatoms. The van der Waals surface area contributed by atoms with E-state index in [1.807, 2.05) is 52.9 Å². The molecule has 1 atom stereocenters. The van der Waals surface area contributed by atoms with Crippen molar-refractivity contribution in [2.75, 3.05) is 0 Å². The summed E-state index contributed by atoms with van der Waals surface area (Å²) in [6, 6.07) is 14.6. The van der Waals surface area contributed by atoms with Gasteiger partial charge in [0.05, 0.1) is 21.8 Å². The molecule has 0 saturated carbocycles. The van der Waals surface area contributed by atoms with Crippen molar-refractivity contribution in [3.05, 3.63) is 48.5 Å². The van der Waals surface area contributed by atoms with Gasteiger partial charge < -0.3 is 5.73 Å². The number of thioether (sulfide) groups is 1. The van der Waals surface area contributed by atoms with E-state index in [0.29, 0.717) is 5.16 Å². The predicted octanol–water partition coefficient (Wildman–Crippen LogP) is 2.71. The fourth-order valence-corrected chi connectivity index (χ4v) is 3.75. The number of carbonyl (C=O) groups excluding carboxylic acids is 2. The van der Waals surface area contributed by atoms with Crippen molar-refractivity contribution in [2.24, 2.45) is 5.73 Å². The molecule has 0 saturated heterocycles. The number of nitrogens with two attached hydrogens (primary N) is 1. The summed E-state index contributed by atoms with van der Waals surface area (Å²) in [4.78, 5) is 32.5. The molecule has 7 nitrogen and oxygen atoms in total. The molecule has 0 spiro atoms. The van der Waals surface area contributed by atoms with Gasteiger partial charge in [0.1, 0.15) is 5.65 Å². The summed E-state index contributed by atoms with van der Waals surface area (Å²) >= 11 is 1.25. The Morgan fingerprint density at radius 1 is 1.08 bits per heavy atom. The SMILES string of the molecule is CC(Sc1nc2ccccc2c2nc3ccccc3n12)C(=O)NC(N)=O. The second kappa shape index (κ2) is 6.30. The zero-order valence-electron chi connectivity index (χ0n) is 13.8. The molecule has 4 aromatic rings. The normalized spacial score (nSPS) is 12.5. The van der Waals surface area contributed by atoms with E-state index >= 15 is 0 Å². The topological polar surface area (TPSA) is 102 Å². The number of benzene rings is 2. The Kier molecular flexibility index (Phi) is 3.96. The van der Waals surface area contributed by atoms with E-state index in [4.69, 9.17) is 15.7 Å². The van der Waals surface area contributed by atoms with E-state index in [9.17, 15) is 9.59 Å². The van der Waals surface area contributed by atoms with Gasteiger partial charge in [0.25, 0.3) is 0 Å². The minimum atomic E-state index is -0.868. The van der Waals surface area contributed by atoms with Gasteiger partial charge in [0, 0.05) is 5.39 Å². The van der Waals surface area contributed by atoms with Gasteiger partial charge in [-0.05, 0) is 31.2 Å². The molecule has 26 heavy (non-hydrogen) atoms. The average Bonchev–Trinajstić information content (AvgIpc) is 3.01. The fraction of sp³-hybridized carbons (Fsp3) is 0.111. The van der Waals surface area contributed by atoms with Crippen molar-refractivity contribution in [3.8, 4) is 0 Å². The van der Waals surface area contributed by atoms with Crippen molar-refractivity contribution >= 4 is 51.3 Å². The highest BCUT2D eigenvalue weighted by atomic mass is 32.2. The van der Waals surface area contributed by atoms with Crippen LogP contribution in [0.1, 0.15) is 6.92 Å².